The minimum absolute atomic E-state index is 0.0376. The Morgan fingerprint density at radius 3 is 2.08 bits per heavy atom. The smallest absolute Gasteiger partial charge is 0.416 e. The zero-order valence-corrected chi connectivity index (χ0v) is 7.24. The second-order valence-electron chi connectivity index (χ2n) is 2.95. The van der Waals surface area contributed by atoms with Gasteiger partial charge < -0.3 is 5.11 Å². The van der Waals surface area contributed by atoms with Crippen LogP contribution in [0.5, 0.6) is 5.75 Å². The average Bonchev–Trinajstić information content (AvgIpc) is 1.94. The first-order valence-corrected chi connectivity index (χ1v) is 3.70. The van der Waals surface area contributed by atoms with Gasteiger partial charge in [-0.15, -0.1) is 0 Å². The summed E-state index contributed by atoms with van der Waals surface area (Å²) in [6.07, 6.45) is -4.34. The maximum absolute atomic E-state index is 12.3. The van der Waals surface area contributed by atoms with E-state index in [1.165, 1.54) is 13.8 Å². The van der Waals surface area contributed by atoms with Crippen molar-refractivity contribution in [3.8, 4) is 5.75 Å². The van der Waals surface area contributed by atoms with E-state index in [4.69, 9.17) is 5.11 Å². The molecule has 0 aliphatic carbocycles. The maximum atomic E-state index is 12.3. The van der Waals surface area contributed by atoms with E-state index in [0.717, 1.165) is 12.1 Å². The highest BCUT2D eigenvalue weighted by Crippen LogP contribution is 2.34. The Bertz CT molecular complexity index is 328. The van der Waals surface area contributed by atoms with Crippen LogP contribution in [0.1, 0.15) is 16.7 Å². The number of hydrogen-bond acceptors (Lipinski definition) is 1. The van der Waals surface area contributed by atoms with Crippen molar-refractivity contribution in [3.05, 3.63) is 28.8 Å². The van der Waals surface area contributed by atoms with Gasteiger partial charge in [-0.2, -0.15) is 13.2 Å². The number of aromatic hydroxyl groups is 1. The number of benzene rings is 1. The van der Waals surface area contributed by atoms with Crippen LogP contribution >= 0.6 is 0 Å². The fourth-order valence-corrected chi connectivity index (χ4v) is 1.11. The summed E-state index contributed by atoms with van der Waals surface area (Å²) in [4.78, 5) is 0. The molecular weight excluding hydrogens is 181 g/mol. The first-order valence-electron chi connectivity index (χ1n) is 3.70. The molecule has 0 aliphatic rings. The molecule has 0 aromatic heterocycles. The summed E-state index contributed by atoms with van der Waals surface area (Å²) in [6.45, 7) is 2.76. The van der Waals surface area contributed by atoms with Gasteiger partial charge in [0, 0.05) is 0 Å². The van der Waals surface area contributed by atoms with Crippen LogP contribution in [0.25, 0.3) is 0 Å². The van der Waals surface area contributed by atoms with Crippen molar-refractivity contribution >= 4 is 0 Å². The lowest BCUT2D eigenvalue weighted by Gasteiger charge is -2.11. The molecule has 72 valence electrons. The highest BCUT2D eigenvalue weighted by atomic mass is 19.4. The van der Waals surface area contributed by atoms with E-state index < -0.39 is 11.7 Å². The number of phenolic OH excluding ortho intramolecular Hbond substituents is 1. The first-order chi connectivity index (χ1) is 5.82. The van der Waals surface area contributed by atoms with E-state index in [1.807, 2.05) is 0 Å². The van der Waals surface area contributed by atoms with Crippen molar-refractivity contribution in [1.29, 1.82) is 0 Å². The summed E-state index contributed by atoms with van der Waals surface area (Å²) >= 11 is 0. The van der Waals surface area contributed by atoms with Crippen molar-refractivity contribution in [1.82, 2.24) is 0 Å². The quantitative estimate of drug-likeness (QED) is 0.666. The Balaban J connectivity index is 3.32. The number of rotatable bonds is 0. The van der Waals surface area contributed by atoms with E-state index in [2.05, 4.69) is 0 Å². The molecule has 0 radical (unpaired) electrons. The molecule has 0 amide bonds. The molecule has 0 bridgehead atoms. The standard InChI is InChI=1S/C9H9F3O/c1-5-4-8(13)6(2)3-7(5)9(10,11)12/h3-4,13H,1-2H3. The van der Waals surface area contributed by atoms with Gasteiger partial charge in [0.05, 0.1) is 5.56 Å². The molecular formula is C9H9F3O. The molecule has 0 saturated heterocycles. The summed E-state index contributed by atoms with van der Waals surface area (Å²) in [6, 6.07) is 2.07. The summed E-state index contributed by atoms with van der Waals surface area (Å²) in [5.41, 5.74) is -0.420. The van der Waals surface area contributed by atoms with Crippen molar-refractivity contribution in [2.24, 2.45) is 0 Å². The van der Waals surface area contributed by atoms with Crippen LogP contribution in [-0.4, -0.2) is 5.11 Å². The van der Waals surface area contributed by atoms with Gasteiger partial charge in [-0.05, 0) is 37.1 Å². The van der Waals surface area contributed by atoms with Gasteiger partial charge in [-0.1, -0.05) is 0 Å². The van der Waals surface area contributed by atoms with Gasteiger partial charge >= 0.3 is 6.18 Å². The van der Waals surface area contributed by atoms with E-state index >= 15 is 0 Å². The van der Waals surface area contributed by atoms with Crippen LogP contribution in [0.2, 0.25) is 0 Å². The lowest BCUT2D eigenvalue weighted by molar-refractivity contribution is -0.138. The third-order valence-electron chi connectivity index (χ3n) is 1.85. The van der Waals surface area contributed by atoms with Gasteiger partial charge in [-0.3, -0.25) is 0 Å². The zero-order valence-electron chi connectivity index (χ0n) is 7.24. The Morgan fingerprint density at radius 1 is 1.08 bits per heavy atom. The topological polar surface area (TPSA) is 20.2 Å². The van der Waals surface area contributed by atoms with Crippen molar-refractivity contribution in [2.75, 3.05) is 0 Å². The van der Waals surface area contributed by atoms with Crippen molar-refractivity contribution < 1.29 is 18.3 Å². The monoisotopic (exact) mass is 190 g/mol. The molecule has 0 spiro atoms. The summed E-state index contributed by atoms with van der Waals surface area (Å²) in [7, 11) is 0. The van der Waals surface area contributed by atoms with E-state index in [-0.39, 0.29) is 16.9 Å². The van der Waals surface area contributed by atoms with Crippen molar-refractivity contribution in [2.45, 2.75) is 20.0 Å². The largest absolute Gasteiger partial charge is 0.508 e. The van der Waals surface area contributed by atoms with Gasteiger partial charge in [0.15, 0.2) is 0 Å². The molecule has 1 aromatic rings. The van der Waals surface area contributed by atoms with Gasteiger partial charge in [0.2, 0.25) is 0 Å². The third kappa shape index (κ3) is 1.94. The Labute approximate surface area is 73.8 Å². The molecule has 13 heavy (non-hydrogen) atoms. The lowest BCUT2D eigenvalue weighted by Crippen LogP contribution is -2.07. The second-order valence-corrected chi connectivity index (χ2v) is 2.95. The number of hydrogen-bond donors (Lipinski definition) is 1. The predicted molar refractivity (Wildman–Crippen MR) is 42.6 cm³/mol. The van der Waals surface area contributed by atoms with Gasteiger partial charge in [-0.25, -0.2) is 0 Å². The van der Waals surface area contributed by atoms with Crippen LogP contribution in [0.4, 0.5) is 13.2 Å². The van der Waals surface area contributed by atoms with Crippen LogP contribution in [0, 0.1) is 13.8 Å². The fraction of sp³-hybridized carbons (Fsp3) is 0.333. The summed E-state index contributed by atoms with van der Waals surface area (Å²) in [5.74, 6) is -0.106. The highest BCUT2D eigenvalue weighted by molar-refractivity contribution is 5.41. The molecule has 0 aliphatic heterocycles. The number of halogens is 3. The molecule has 0 saturated carbocycles. The normalized spacial score (nSPS) is 11.8. The summed E-state index contributed by atoms with van der Waals surface area (Å²) < 4.78 is 36.8. The van der Waals surface area contributed by atoms with Crippen molar-refractivity contribution in [3.63, 3.8) is 0 Å². The second kappa shape index (κ2) is 2.94. The average molecular weight is 190 g/mol. The third-order valence-corrected chi connectivity index (χ3v) is 1.85. The minimum Gasteiger partial charge on any atom is -0.508 e. The number of phenols is 1. The fourth-order valence-electron chi connectivity index (χ4n) is 1.11. The molecule has 1 rings (SSSR count). The summed E-state index contributed by atoms with van der Waals surface area (Å²) in [5, 5.41) is 9.12. The SMILES string of the molecule is Cc1cc(C(F)(F)F)c(C)cc1O. The minimum atomic E-state index is -4.34. The van der Waals surface area contributed by atoms with E-state index in [1.54, 1.807) is 0 Å². The molecule has 0 unspecified atom stereocenters. The maximum Gasteiger partial charge on any atom is 0.416 e. The Morgan fingerprint density at radius 2 is 1.62 bits per heavy atom. The van der Waals surface area contributed by atoms with E-state index in [0.29, 0.717) is 0 Å². The first kappa shape index (κ1) is 9.89. The molecule has 1 nitrogen and oxygen atoms in total. The van der Waals surface area contributed by atoms with Crippen LogP contribution < -0.4 is 0 Å². The molecule has 0 atom stereocenters. The molecule has 0 heterocycles. The van der Waals surface area contributed by atoms with Crippen LogP contribution in [0.15, 0.2) is 12.1 Å². The Hall–Kier alpha value is -1.19. The molecule has 0 fully saturated rings. The predicted octanol–water partition coefficient (Wildman–Crippen LogP) is 3.03. The van der Waals surface area contributed by atoms with Crippen LogP contribution in [-0.2, 0) is 6.18 Å². The van der Waals surface area contributed by atoms with Gasteiger partial charge in [0.25, 0.3) is 0 Å². The number of aryl methyl sites for hydroxylation is 2. The molecule has 4 heteroatoms. The lowest BCUT2D eigenvalue weighted by atomic mass is 10.0. The van der Waals surface area contributed by atoms with E-state index in [9.17, 15) is 13.2 Å². The molecule has 1 N–H and O–H groups in total. The van der Waals surface area contributed by atoms with Gasteiger partial charge in [0.1, 0.15) is 5.75 Å². The zero-order chi connectivity index (χ0) is 10.2. The molecule has 1 aromatic carbocycles. The highest BCUT2D eigenvalue weighted by Gasteiger charge is 2.32. The number of alkyl halides is 3. The van der Waals surface area contributed by atoms with Crippen LogP contribution in [0.3, 0.4) is 0 Å². The Kier molecular flexibility index (Phi) is 2.24.